The first kappa shape index (κ1) is 44.6. The second-order valence-electron chi connectivity index (χ2n) is 12.8. The summed E-state index contributed by atoms with van der Waals surface area (Å²) in [5.74, 6) is -4.62. The Morgan fingerprint density at radius 1 is 0.645 bits per heavy atom. The number of nitrogens with two attached hydrogens (primary N) is 1. The van der Waals surface area contributed by atoms with Crippen LogP contribution in [0, 0.1) is 23.3 Å². The quantitative estimate of drug-likeness (QED) is 0.0837. The number of hydrogen-bond acceptors (Lipinski definition) is 11. The molecule has 21 heteroatoms. The molecule has 4 aromatic carbocycles. The Labute approximate surface area is 350 Å². The van der Waals surface area contributed by atoms with Crippen LogP contribution in [0.15, 0.2) is 148 Å². The average Bonchev–Trinajstić information content (AvgIpc) is 3.77. The fourth-order valence-electron chi connectivity index (χ4n) is 5.67. The highest BCUT2D eigenvalue weighted by Gasteiger charge is 2.29. The zero-order valence-electron chi connectivity index (χ0n) is 31.7. The molecular weight excluding hydrogens is 865 g/mol. The molecule has 0 atom stereocenters. The molecule has 7 rings (SSSR count). The fraction of sp³-hybridized carbons (Fsp3) is 0.0976. The summed E-state index contributed by atoms with van der Waals surface area (Å²) in [7, 11) is -8.41. The van der Waals surface area contributed by atoms with Crippen LogP contribution in [0.4, 0.5) is 37.7 Å². The summed E-state index contributed by atoms with van der Waals surface area (Å²) in [5, 5.41) is 6.65. The van der Waals surface area contributed by atoms with Crippen LogP contribution in [0.5, 0.6) is 0 Å². The minimum absolute atomic E-state index is 0.00954. The van der Waals surface area contributed by atoms with Crippen LogP contribution in [0.25, 0.3) is 11.5 Å². The fourth-order valence-corrected chi connectivity index (χ4v) is 8.47. The molecule has 320 valence electrons. The zero-order chi connectivity index (χ0) is 44.6. The van der Waals surface area contributed by atoms with Gasteiger partial charge in [0.15, 0.2) is 5.78 Å². The Balaban J connectivity index is 0.000000209. The predicted octanol–water partition coefficient (Wildman–Crippen LogP) is 7.64. The lowest BCUT2D eigenvalue weighted by Crippen LogP contribution is -2.31. The van der Waals surface area contributed by atoms with E-state index in [4.69, 9.17) is 10.2 Å². The standard InChI is InChI=1S/C21H14F4N4O3S.C20H17F2N3O3S/c22-15-3-1-4-16(10-15)29(33(30,31)17-5-2-8-26-11-17)12-14-7-6-13(9-18(14)23)20-27-28-21(32-20)19(24)25;21-16-3-1-4-17(10-16)25(29(27,28)18-5-2-8-24-12-18)13-15-7-6-14(9-19(15)22)20(26)11-23/h1-11,19H,12H2;1-10,12H,11,13,23H2. The number of carbonyl (C=O) groups excluding carboxylic acids is 1. The Bertz CT molecular complexity index is 2910. The topological polar surface area (TPSA) is 183 Å². The van der Waals surface area contributed by atoms with Crippen molar-refractivity contribution in [2.45, 2.75) is 29.3 Å². The number of anilines is 2. The van der Waals surface area contributed by atoms with E-state index >= 15 is 0 Å². The van der Waals surface area contributed by atoms with Gasteiger partial charge in [-0.15, -0.1) is 10.2 Å². The molecule has 13 nitrogen and oxygen atoms in total. The van der Waals surface area contributed by atoms with Gasteiger partial charge in [-0.1, -0.05) is 30.3 Å². The molecule has 62 heavy (non-hydrogen) atoms. The van der Waals surface area contributed by atoms with Crippen LogP contribution in [-0.2, 0) is 33.1 Å². The van der Waals surface area contributed by atoms with Crippen molar-refractivity contribution in [1.82, 2.24) is 20.2 Å². The summed E-state index contributed by atoms with van der Waals surface area (Å²) in [6.45, 7) is -1.17. The lowest BCUT2D eigenvalue weighted by Gasteiger charge is -2.25. The minimum Gasteiger partial charge on any atom is -0.415 e. The van der Waals surface area contributed by atoms with Gasteiger partial charge in [-0.3, -0.25) is 23.4 Å². The maximum absolute atomic E-state index is 14.9. The molecule has 0 unspecified atom stereocenters. The van der Waals surface area contributed by atoms with Gasteiger partial charge in [0.05, 0.1) is 31.0 Å². The van der Waals surface area contributed by atoms with Gasteiger partial charge >= 0.3 is 6.43 Å². The number of hydrogen-bond donors (Lipinski definition) is 1. The number of halogens is 6. The SMILES string of the molecule is NCC(=O)c1ccc(CN(c2cccc(F)c2)S(=O)(=O)c2cccnc2)c(F)c1.O=S(=O)(c1cccnc1)N(Cc1ccc(-c2nnc(C(F)F)o2)cc1F)c1cccc(F)c1. The lowest BCUT2D eigenvalue weighted by molar-refractivity contribution is 0.100. The van der Waals surface area contributed by atoms with E-state index < -0.39 is 74.5 Å². The van der Waals surface area contributed by atoms with Crippen molar-refractivity contribution in [3.63, 3.8) is 0 Å². The molecule has 7 aromatic rings. The molecular formula is C41H31F6N7O6S2. The first-order chi connectivity index (χ1) is 29.6. The number of carbonyl (C=O) groups is 1. The highest BCUT2D eigenvalue weighted by Crippen LogP contribution is 2.30. The third-order valence-corrected chi connectivity index (χ3v) is 12.3. The number of alkyl halides is 2. The van der Waals surface area contributed by atoms with Crippen LogP contribution in [-0.4, -0.2) is 49.3 Å². The van der Waals surface area contributed by atoms with E-state index in [1.165, 1.54) is 91.3 Å². The van der Waals surface area contributed by atoms with E-state index in [9.17, 15) is 48.0 Å². The van der Waals surface area contributed by atoms with Crippen LogP contribution in [0.2, 0.25) is 0 Å². The summed E-state index contributed by atoms with van der Waals surface area (Å²) in [6, 6.07) is 22.6. The molecule has 0 radical (unpaired) electrons. The van der Waals surface area contributed by atoms with Crippen LogP contribution < -0.4 is 14.3 Å². The summed E-state index contributed by atoms with van der Waals surface area (Å²) in [4.78, 5) is 19.0. The summed E-state index contributed by atoms with van der Waals surface area (Å²) in [6.07, 6.45) is 2.10. The van der Waals surface area contributed by atoms with Gasteiger partial charge in [0.2, 0.25) is 5.89 Å². The summed E-state index contributed by atoms with van der Waals surface area (Å²) >= 11 is 0. The molecule has 0 aliphatic carbocycles. The maximum Gasteiger partial charge on any atom is 0.314 e. The van der Waals surface area contributed by atoms with Crippen molar-refractivity contribution < 1.29 is 52.4 Å². The first-order valence-corrected chi connectivity index (χ1v) is 20.7. The second kappa shape index (κ2) is 19.2. The molecule has 0 saturated carbocycles. The average molecular weight is 896 g/mol. The van der Waals surface area contributed by atoms with E-state index in [-0.39, 0.29) is 55.9 Å². The van der Waals surface area contributed by atoms with Crippen molar-refractivity contribution in [2.24, 2.45) is 5.73 Å². The van der Waals surface area contributed by atoms with E-state index in [1.54, 1.807) is 0 Å². The molecule has 0 fully saturated rings. The molecule has 0 aliphatic heterocycles. The van der Waals surface area contributed by atoms with Crippen molar-refractivity contribution in [2.75, 3.05) is 15.2 Å². The molecule has 0 saturated heterocycles. The van der Waals surface area contributed by atoms with Gasteiger partial charge in [-0.05, 0) is 78.9 Å². The van der Waals surface area contributed by atoms with E-state index in [0.29, 0.717) is 0 Å². The molecule has 0 aliphatic rings. The number of benzene rings is 4. The lowest BCUT2D eigenvalue weighted by atomic mass is 10.1. The Morgan fingerprint density at radius 3 is 1.58 bits per heavy atom. The van der Waals surface area contributed by atoms with Gasteiger partial charge in [-0.25, -0.2) is 34.4 Å². The second-order valence-corrected chi connectivity index (χ2v) is 16.6. The Hall–Kier alpha value is -6.97. The molecule has 2 N–H and O–H groups in total. The largest absolute Gasteiger partial charge is 0.415 e. The minimum atomic E-state index is -4.24. The summed E-state index contributed by atoms with van der Waals surface area (Å²) in [5.41, 5.74) is 5.34. The van der Waals surface area contributed by atoms with Gasteiger partial charge in [0, 0.05) is 47.0 Å². The zero-order valence-corrected chi connectivity index (χ0v) is 33.3. The van der Waals surface area contributed by atoms with Crippen LogP contribution in [0.1, 0.15) is 33.8 Å². The highest BCUT2D eigenvalue weighted by molar-refractivity contribution is 7.93. The number of nitrogens with zero attached hydrogens (tertiary/aromatic N) is 6. The van der Waals surface area contributed by atoms with Crippen molar-refractivity contribution in [1.29, 1.82) is 0 Å². The van der Waals surface area contributed by atoms with E-state index in [0.717, 1.165) is 51.3 Å². The van der Waals surface area contributed by atoms with Crippen molar-refractivity contribution >= 4 is 37.2 Å². The molecule has 0 spiro atoms. The molecule has 3 heterocycles. The van der Waals surface area contributed by atoms with Crippen molar-refractivity contribution in [3.8, 4) is 11.5 Å². The maximum atomic E-state index is 14.9. The predicted molar refractivity (Wildman–Crippen MR) is 212 cm³/mol. The number of rotatable bonds is 14. The number of aromatic nitrogens is 4. The van der Waals surface area contributed by atoms with Gasteiger partial charge in [0.1, 0.15) is 33.1 Å². The van der Waals surface area contributed by atoms with Gasteiger partial charge in [0.25, 0.3) is 25.9 Å². The molecule has 3 aromatic heterocycles. The molecule has 0 bridgehead atoms. The van der Waals surface area contributed by atoms with Gasteiger partial charge < -0.3 is 10.2 Å². The number of ketones is 1. The first-order valence-electron chi connectivity index (χ1n) is 17.9. The van der Waals surface area contributed by atoms with E-state index in [1.807, 2.05) is 0 Å². The number of pyridine rings is 2. The van der Waals surface area contributed by atoms with Crippen molar-refractivity contribution in [3.05, 3.63) is 180 Å². The van der Waals surface area contributed by atoms with Gasteiger partial charge in [-0.2, -0.15) is 8.78 Å². The molecule has 0 amide bonds. The number of sulfonamides is 2. The monoisotopic (exact) mass is 895 g/mol. The third-order valence-electron chi connectivity index (χ3n) is 8.75. The highest BCUT2D eigenvalue weighted by atomic mass is 32.2. The summed E-state index contributed by atoms with van der Waals surface area (Å²) < 4.78 is 142. The number of Topliss-reactive ketones (excluding diaryl/α,β-unsaturated/α-hetero) is 1. The van der Waals surface area contributed by atoms with E-state index in [2.05, 4.69) is 20.2 Å². The third kappa shape index (κ3) is 10.3. The Morgan fingerprint density at radius 2 is 1.16 bits per heavy atom. The van der Waals surface area contributed by atoms with Crippen LogP contribution >= 0.6 is 0 Å². The smallest absolute Gasteiger partial charge is 0.314 e. The van der Waals surface area contributed by atoms with Crippen LogP contribution in [0.3, 0.4) is 0 Å². The Kier molecular flexibility index (Phi) is 13.8. The normalized spacial score (nSPS) is 11.5.